The summed E-state index contributed by atoms with van der Waals surface area (Å²) in [4.78, 5) is 17.1. The number of amides is 1. The van der Waals surface area contributed by atoms with Crippen molar-refractivity contribution in [2.45, 2.75) is 37.4 Å². The molecule has 3 aromatic rings. The molecule has 1 heterocycles. The molecule has 0 spiro atoms. The van der Waals surface area contributed by atoms with Crippen LogP contribution in [0.1, 0.15) is 29.8 Å². The molecule has 0 aliphatic carbocycles. The molecule has 1 aliphatic heterocycles. The molecular weight excluding hydrogens is 592 g/mol. The molecule has 0 bridgehead atoms. The SMILES string of the molecule is C[C@@H]1CN([C@H](C)CO)C(=O)c2cccc(NS(=O)(=O)c3ccc(F)cc3)c2O[C@@H]1CN(C)Cc1ccc(Cl)c(Cl)c1. The summed E-state index contributed by atoms with van der Waals surface area (Å²) in [7, 11) is -2.22. The van der Waals surface area contributed by atoms with Crippen molar-refractivity contribution < 1.29 is 27.4 Å². The predicted octanol–water partition coefficient (Wildman–Crippen LogP) is 5.29. The normalized spacial score (nSPS) is 18.3. The van der Waals surface area contributed by atoms with Crippen LogP contribution < -0.4 is 9.46 Å². The van der Waals surface area contributed by atoms with Crippen molar-refractivity contribution in [1.82, 2.24) is 9.80 Å². The third-order valence-corrected chi connectivity index (χ3v) is 9.11. The Hall–Kier alpha value is -2.89. The summed E-state index contributed by atoms with van der Waals surface area (Å²) in [6.45, 7) is 4.72. The Kier molecular flexibility index (Phi) is 9.81. The van der Waals surface area contributed by atoms with Gasteiger partial charge in [-0.25, -0.2) is 12.8 Å². The van der Waals surface area contributed by atoms with Gasteiger partial charge < -0.3 is 14.7 Å². The molecule has 3 atom stereocenters. The van der Waals surface area contributed by atoms with Gasteiger partial charge in [0, 0.05) is 25.6 Å². The maximum atomic E-state index is 13.7. The largest absolute Gasteiger partial charge is 0.486 e. The fourth-order valence-corrected chi connectivity index (χ4v) is 6.06. The maximum Gasteiger partial charge on any atom is 0.262 e. The van der Waals surface area contributed by atoms with Crippen LogP contribution in [-0.2, 0) is 16.6 Å². The van der Waals surface area contributed by atoms with Gasteiger partial charge in [0.25, 0.3) is 15.9 Å². The lowest BCUT2D eigenvalue weighted by Gasteiger charge is -2.38. The Bertz CT molecular complexity index is 1510. The molecule has 0 radical (unpaired) electrons. The molecule has 0 fully saturated rings. The number of aliphatic hydroxyl groups excluding tert-OH is 1. The van der Waals surface area contributed by atoms with Gasteiger partial charge in [0.15, 0.2) is 5.75 Å². The smallest absolute Gasteiger partial charge is 0.262 e. The minimum atomic E-state index is -4.13. The number of nitrogens with zero attached hydrogens (tertiary/aromatic N) is 2. The van der Waals surface area contributed by atoms with Gasteiger partial charge in [-0.15, -0.1) is 0 Å². The first kappa shape index (κ1) is 31.1. The number of rotatable bonds is 9. The maximum absolute atomic E-state index is 13.7. The van der Waals surface area contributed by atoms with Crippen LogP contribution in [0.25, 0.3) is 0 Å². The minimum Gasteiger partial charge on any atom is -0.486 e. The third-order valence-electron chi connectivity index (χ3n) is 6.99. The number of sulfonamides is 1. The summed E-state index contributed by atoms with van der Waals surface area (Å²) in [5.41, 5.74) is 1.18. The molecule has 220 valence electrons. The molecular formula is C29H32Cl2FN3O5S. The van der Waals surface area contributed by atoms with Crippen LogP contribution in [0, 0.1) is 11.7 Å². The molecule has 8 nitrogen and oxygen atoms in total. The number of fused-ring (bicyclic) bond motifs is 1. The van der Waals surface area contributed by atoms with Gasteiger partial charge in [-0.3, -0.25) is 14.4 Å². The number of halogens is 3. The zero-order valence-corrected chi connectivity index (χ0v) is 25.2. The molecule has 4 rings (SSSR count). The van der Waals surface area contributed by atoms with E-state index in [-0.39, 0.29) is 40.3 Å². The zero-order valence-electron chi connectivity index (χ0n) is 22.9. The van der Waals surface area contributed by atoms with E-state index >= 15 is 0 Å². The predicted molar refractivity (Wildman–Crippen MR) is 158 cm³/mol. The van der Waals surface area contributed by atoms with Gasteiger partial charge in [0.1, 0.15) is 11.9 Å². The molecule has 0 aromatic heterocycles. The van der Waals surface area contributed by atoms with Gasteiger partial charge in [-0.2, -0.15) is 0 Å². The summed E-state index contributed by atoms with van der Waals surface area (Å²) < 4.78 is 48.8. The number of likely N-dealkylation sites (N-methyl/N-ethyl adjacent to an activating group) is 1. The van der Waals surface area contributed by atoms with Crippen LogP contribution in [0.5, 0.6) is 5.75 Å². The zero-order chi connectivity index (χ0) is 29.9. The molecule has 0 saturated carbocycles. The summed E-state index contributed by atoms with van der Waals surface area (Å²) in [5, 5.41) is 10.8. The molecule has 12 heteroatoms. The highest BCUT2D eigenvalue weighted by atomic mass is 35.5. The highest BCUT2D eigenvalue weighted by Gasteiger charge is 2.35. The van der Waals surface area contributed by atoms with E-state index in [2.05, 4.69) is 4.72 Å². The molecule has 2 N–H and O–H groups in total. The van der Waals surface area contributed by atoms with Crippen LogP contribution in [0.4, 0.5) is 10.1 Å². The highest BCUT2D eigenvalue weighted by molar-refractivity contribution is 7.92. The topological polar surface area (TPSA) is 99.2 Å². The first-order valence-electron chi connectivity index (χ1n) is 13.0. The number of carbonyl (C=O) groups excluding carboxylic acids is 1. The Morgan fingerprint density at radius 3 is 2.51 bits per heavy atom. The van der Waals surface area contributed by atoms with Crippen molar-refractivity contribution in [3.05, 3.63) is 87.7 Å². The van der Waals surface area contributed by atoms with Crippen LogP contribution in [0.2, 0.25) is 10.0 Å². The second kappa shape index (κ2) is 13.0. The number of hydrogen-bond donors (Lipinski definition) is 2. The Balaban J connectivity index is 1.70. The van der Waals surface area contributed by atoms with E-state index in [0.717, 1.165) is 29.8 Å². The first-order valence-corrected chi connectivity index (χ1v) is 15.3. The summed E-state index contributed by atoms with van der Waals surface area (Å²) in [6.07, 6.45) is -0.473. The van der Waals surface area contributed by atoms with E-state index in [1.54, 1.807) is 36.1 Å². The molecule has 0 unspecified atom stereocenters. The Morgan fingerprint density at radius 2 is 1.85 bits per heavy atom. The highest BCUT2D eigenvalue weighted by Crippen LogP contribution is 2.36. The second-order valence-electron chi connectivity index (χ2n) is 10.3. The lowest BCUT2D eigenvalue weighted by Crippen LogP contribution is -2.49. The third kappa shape index (κ3) is 7.31. The fourth-order valence-electron chi connectivity index (χ4n) is 4.68. The van der Waals surface area contributed by atoms with Crippen LogP contribution >= 0.6 is 23.2 Å². The monoisotopic (exact) mass is 623 g/mol. The lowest BCUT2D eigenvalue weighted by molar-refractivity contribution is 0.0344. The lowest BCUT2D eigenvalue weighted by atomic mass is 9.99. The van der Waals surface area contributed by atoms with Gasteiger partial charge in [-0.1, -0.05) is 42.3 Å². The van der Waals surface area contributed by atoms with Gasteiger partial charge in [0.05, 0.1) is 38.8 Å². The van der Waals surface area contributed by atoms with Gasteiger partial charge in [-0.05, 0) is 68.1 Å². The Morgan fingerprint density at radius 1 is 1.15 bits per heavy atom. The molecule has 0 saturated heterocycles. The van der Waals surface area contributed by atoms with E-state index in [0.29, 0.717) is 29.7 Å². The van der Waals surface area contributed by atoms with Crippen molar-refractivity contribution in [3.63, 3.8) is 0 Å². The number of ether oxygens (including phenoxy) is 1. The fraction of sp³-hybridized carbons (Fsp3) is 0.345. The average molecular weight is 625 g/mol. The van der Waals surface area contributed by atoms with E-state index in [1.165, 1.54) is 6.07 Å². The molecule has 1 aliphatic rings. The van der Waals surface area contributed by atoms with E-state index in [9.17, 15) is 22.7 Å². The summed E-state index contributed by atoms with van der Waals surface area (Å²) in [5.74, 6) is -1.07. The van der Waals surface area contributed by atoms with Crippen molar-refractivity contribution in [1.29, 1.82) is 0 Å². The summed E-state index contributed by atoms with van der Waals surface area (Å²) >= 11 is 12.3. The van der Waals surface area contributed by atoms with Crippen molar-refractivity contribution >= 4 is 44.8 Å². The van der Waals surface area contributed by atoms with Crippen molar-refractivity contribution in [2.75, 3.05) is 31.5 Å². The van der Waals surface area contributed by atoms with Crippen molar-refractivity contribution in [2.24, 2.45) is 5.92 Å². The van der Waals surface area contributed by atoms with Crippen LogP contribution in [-0.4, -0.2) is 68.1 Å². The van der Waals surface area contributed by atoms with E-state index < -0.39 is 28.0 Å². The van der Waals surface area contributed by atoms with Gasteiger partial charge in [0.2, 0.25) is 0 Å². The average Bonchev–Trinajstić information content (AvgIpc) is 2.92. The number of para-hydroxylation sites is 1. The van der Waals surface area contributed by atoms with Crippen LogP contribution in [0.3, 0.4) is 0 Å². The second-order valence-corrected chi connectivity index (χ2v) is 12.8. The number of benzene rings is 3. The summed E-state index contributed by atoms with van der Waals surface area (Å²) in [6, 6.07) is 14.0. The molecule has 3 aromatic carbocycles. The standard InChI is InChI=1S/C29H32Cl2FN3O5S/c1-18-14-35(19(2)17-36)29(37)23-5-4-6-26(33-41(38,39)22-10-8-21(32)9-11-22)28(23)40-27(18)16-34(3)15-20-7-12-24(30)25(31)13-20/h4-13,18-19,27,33,36H,14-17H2,1-3H3/t18-,19-,27-/m1/s1. The van der Waals surface area contributed by atoms with E-state index in [1.807, 2.05) is 24.9 Å². The number of nitrogens with one attached hydrogen (secondary N) is 1. The number of anilines is 1. The van der Waals surface area contributed by atoms with Crippen LogP contribution in [0.15, 0.2) is 65.6 Å². The van der Waals surface area contributed by atoms with Gasteiger partial charge >= 0.3 is 0 Å². The minimum absolute atomic E-state index is 0.0722. The number of aliphatic hydroxyl groups is 1. The van der Waals surface area contributed by atoms with E-state index in [4.69, 9.17) is 27.9 Å². The van der Waals surface area contributed by atoms with Crippen molar-refractivity contribution in [3.8, 4) is 5.75 Å². The quantitative estimate of drug-likeness (QED) is 0.336. The number of carbonyl (C=O) groups is 1. The molecule has 41 heavy (non-hydrogen) atoms. The number of hydrogen-bond acceptors (Lipinski definition) is 6. The Labute approximate surface area is 249 Å². The molecule has 1 amide bonds. The first-order chi connectivity index (χ1) is 19.4.